The van der Waals surface area contributed by atoms with Crippen molar-refractivity contribution >= 4 is 28.4 Å². The second-order valence-electron chi connectivity index (χ2n) is 3.60. The summed E-state index contributed by atoms with van der Waals surface area (Å²) in [5.74, 6) is -1.41. The van der Waals surface area contributed by atoms with Gasteiger partial charge in [0.05, 0.1) is 21.9 Å². The number of carbonyl (C=O) groups is 1. The highest BCUT2D eigenvalue weighted by molar-refractivity contribution is 7.85. The summed E-state index contributed by atoms with van der Waals surface area (Å²) in [5, 5.41) is -0.118. The Bertz CT molecular complexity index is 448. The van der Waals surface area contributed by atoms with Gasteiger partial charge in [0.1, 0.15) is 11.6 Å². The fourth-order valence-corrected chi connectivity index (χ4v) is 2.27. The third-order valence-electron chi connectivity index (χ3n) is 1.77. The normalized spacial score (nSPS) is 12.5. The van der Waals surface area contributed by atoms with Gasteiger partial charge in [0.15, 0.2) is 0 Å². The first-order valence-corrected chi connectivity index (χ1v) is 6.62. The van der Waals surface area contributed by atoms with Crippen LogP contribution in [0, 0.1) is 5.82 Å². The largest absolute Gasteiger partial charge is 0.462 e. The minimum Gasteiger partial charge on any atom is -0.462 e. The minimum atomic E-state index is -1.57. The molecule has 3 nitrogen and oxygen atoms in total. The predicted octanol–water partition coefficient (Wildman–Crippen LogP) is 2.54. The Labute approximate surface area is 106 Å². The molecular weight excluding hydrogens is 267 g/mol. The lowest BCUT2D eigenvalue weighted by atomic mass is 10.3. The molecule has 1 aromatic rings. The summed E-state index contributed by atoms with van der Waals surface area (Å²) in [6.45, 7) is 3.41. The van der Waals surface area contributed by atoms with Crippen LogP contribution >= 0.6 is 11.6 Å². The summed E-state index contributed by atoms with van der Waals surface area (Å²) < 4.78 is 29.5. The van der Waals surface area contributed by atoms with Crippen LogP contribution in [0.1, 0.15) is 13.8 Å². The summed E-state index contributed by atoms with van der Waals surface area (Å²) in [5.41, 5.74) is 0. The average molecular weight is 279 g/mol. The van der Waals surface area contributed by atoms with Gasteiger partial charge in [-0.3, -0.25) is 9.00 Å². The summed E-state index contributed by atoms with van der Waals surface area (Å²) in [4.78, 5) is 11.6. The molecule has 94 valence electrons. The maximum Gasteiger partial charge on any atom is 0.319 e. The molecule has 0 fully saturated rings. The molecule has 0 radical (unpaired) electrons. The van der Waals surface area contributed by atoms with Gasteiger partial charge in [0.2, 0.25) is 0 Å². The van der Waals surface area contributed by atoms with Crippen molar-refractivity contribution in [2.45, 2.75) is 24.8 Å². The average Bonchev–Trinajstić information content (AvgIpc) is 2.20. The highest BCUT2D eigenvalue weighted by atomic mass is 35.5. The first-order valence-electron chi connectivity index (χ1n) is 4.93. The van der Waals surface area contributed by atoms with Crippen LogP contribution < -0.4 is 0 Å². The van der Waals surface area contributed by atoms with Gasteiger partial charge < -0.3 is 4.74 Å². The Kier molecular flexibility index (Phi) is 5.08. The number of ether oxygens (including phenoxy) is 1. The van der Waals surface area contributed by atoms with Crippen LogP contribution in [0.3, 0.4) is 0 Å². The van der Waals surface area contributed by atoms with Crippen LogP contribution in [0.2, 0.25) is 5.02 Å². The van der Waals surface area contributed by atoms with E-state index >= 15 is 0 Å². The molecule has 17 heavy (non-hydrogen) atoms. The van der Waals surface area contributed by atoms with E-state index in [0.29, 0.717) is 4.90 Å². The molecule has 1 unspecified atom stereocenters. The fourth-order valence-electron chi connectivity index (χ4n) is 1.11. The number of carbonyl (C=O) groups excluding carboxylic acids is 1. The second-order valence-corrected chi connectivity index (χ2v) is 5.46. The zero-order valence-electron chi connectivity index (χ0n) is 9.41. The monoisotopic (exact) mass is 278 g/mol. The van der Waals surface area contributed by atoms with E-state index in [1.54, 1.807) is 13.8 Å². The first kappa shape index (κ1) is 14.1. The van der Waals surface area contributed by atoms with Crippen LogP contribution in [0.4, 0.5) is 4.39 Å². The van der Waals surface area contributed by atoms with E-state index in [2.05, 4.69) is 0 Å². The number of esters is 1. The molecule has 0 aliphatic carbocycles. The smallest absolute Gasteiger partial charge is 0.319 e. The van der Waals surface area contributed by atoms with Gasteiger partial charge in [0, 0.05) is 4.90 Å². The lowest BCUT2D eigenvalue weighted by Crippen LogP contribution is -2.18. The molecule has 1 atom stereocenters. The molecule has 0 saturated heterocycles. The van der Waals surface area contributed by atoms with Gasteiger partial charge in [-0.1, -0.05) is 11.6 Å². The Hall–Kier alpha value is -0.940. The van der Waals surface area contributed by atoms with Crippen molar-refractivity contribution < 1.29 is 18.1 Å². The van der Waals surface area contributed by atoms with Crippen molar-refractivity contribution in [3.8, 4) is 0 Å². The van der Waals surface area contributed by atoms with Crippen molar-refractivity contribution in [2.24, 2.45) is 0 Å². The van der Waals surface area contributed by atoms with E-state index in [1.165, 1.54) is 12.1 Å². The van der Waals surface area contributed by atoms with E-state index in [9.17, 15) is 13.4 Å². The van der Waals surface area contributed by atoms with Crippen molar-refractivity contribution in [3.63, 3.8) is 0 Å². The predicted molar refractivity (Wildman–Crippen MR) is 63.9 cm³/mol. The van der Waals surface area contributed by atoms with E-state index in [0.717, 1.165) is 6.07 Å². The topological polar surface area (TPSA) is 43.4 Å². The molecule has 0 aromatic heterocycles. The lowest BCUT2D eigenvalue weighted by molar-refractivity contribution is -0.144. The number of hydrogen-bond acceptors (Lipinski definition) is 3. The highest BCUT2D eigenvalue weighted by Crippen LogP contribution is 2.18. The molecule has 0 aliphatic heterocycles. The van der Waals surface area contributed by atoms with Crippen molar-refractivity contribution in [1.29, 1.82) is 0 Å². The summed E-state index contributed by atoms with van der Waals surface area (Å²) >= 11 is 5.55. The third kappa shape index (κ3) is 4.44. The Morgan fingerprint density at radius 3 is 2.71 bits per heavy atom. The summed E-state index contributed by atoms with van der Waals surface area (Å²) in [6.07, 6.45) is -0.253. The summed E-state index contributed by atoms with van der Waals surface area (Å²) in [6, 6.07) is 3.69. The van der Waals surface area contributed by atoms with E-state index in [-0.39, 0.29) is 16.9 Å². The van der Waals surface area contributed by atoms with E-state index in [1.807, 2.05) is 0 Å². The number of rotatable bonds is 4. The molecule has 1 aromatic carbocycles. The molecule has 1 rings (SSSR count). The van der Waals surface area contributed by atoms with Gasteiger partial charge in [-0.05, 0) is 32.0 Å². The second kappa shape index (κ2) is 6.12. The van der Waals surface area contributed by atoms with Crippen LogP contribution in [0.15, 0.2) is 23.1 Å². The maximum atomic E-state index is 12.9. The van der Waals surface area contributed by atoms with Crippen molar-refractivity contribution in [2.75, 3.05) is 5.75 Å². The molecule has 6 heteroatoms. The number of hydrogen-bond donors (Lipinski definition) is 0. The van der Waals surface area contributed by atoms with Gasteiger partial charge in [-0.25, -0.2) is 4.39 Å². The summed E-state index contributed by atoms with van der Waals surface area (Å²) in [7, 11) is -1.57. The molecule has 0 heterocycles. The third-order valence-corrected chi connectivity index (χ3v) is 3.34. The minimum absolute atomic E-state index is 0.118. The fraction of sp³-hybridized carbons (Fsp3) is 0.364. The van der Waals surface area contributed by atoms with Gasteiger partial charge in [-0.2, -0.15) is 0 Å². The van der Waals surface area contributed by atoms with Crippen molar-refractivity contribution in [1.82, 2.24) is 0 Å². The van der Waals surface area contributed by atoms with Gasteiger partial charge in [-0.15, -0.1) is 0 Å². The number of halogens is 2. The lowest BCUT2D eigenvalue weighted by Gasteiger charge is -2.07. The Morgan fingerprint density at radius 2 is 2.18 bits per heavy atom. The zero-order chi connectivity index (χ0) is 13.0. The molecular formula is C11H12ClFO3S. The van der Waals surface area contributed by atoms with Crippen LogP contribution in [-0.4, -0.2) is 22.0 Å². The molecule has 0 spiro atoms. The van der Waals surface area contributed by atoms with Crippen LogP contribution in [-0.2, 0) is 20.3 Å². The van der Waals surface area contributed by atoms with E-state index in [4.69, 9.17) is 16.3 Å². The number of benzene rings is 1. The van der Waals surface area contributed by atoms with Crippen LogP contribution in [0.5, 0.6) is 0 Å². The zero-order valence-corrected chi connectivity index (χ0v) is 11.0. The molecule has 0 saturated carbocycles. The molecule has 0 aliphatic rings. The molecule has 0 amide bonds. The van der Waals surface area contributed by atoms with E-state index < -0.39 is 22.6 Å². The van der Waals surface area contributed by atoms with Crippen molar-refractivity contribution in [3.05, 3.63) is 29.0 Å². The Balaban J connectivity index is 2.70. The van der Waals surface area contributed by atoms with Crippen LogP contribution in [0.25, 0.3) is 0 Å². The maximum absolute atomic E-state index is 12.9. The SMILES string of the molecule is CC(C)OC(=O)CS(=O)c1ccc(F)c(Cl)c1. The van der Waals surface area contributed by atoms with Gasteiger partial charge in [0.25, 0.3) is 0 Å². The standard InChI is InChI=1S/C11H12ClFO3S/c1-7(2)16-11(14)6-17(15)8-3-4-10(13)9(12)5-8/h3-5,7H,6H2,1-2H3. The Morgan fingerprint density at radius 1 is 1.53 bits per heavy atom. The quantitative estimate of drug-likeness (QED) is 0.795. The molecule has 0 bridgehead atoms. The highest BCUT2D eigenvalue weighted by Gasteiger charge is 2.14. The molecule has 0 N–H and O–H groups in total. The first-order chi connectivity index (χ1) is 7.90. The van der Waals surface area contributed by atoms with Gasteiger partial charge >= 0.3 is 5.97 Å².